The van der Waals surface area contributed by atoms with Gasteiger partial charge in [-0.25, -0.2) is 4.79 Å². The molecule has 0 aliphatic heterocycles. The minimum absolute atomic E-state index is 0.137. The zero-order valence-electron chi connectivity index (χ0n) is 12.3. The van der Waals surface area contributed by atoms with E-state index in [0.717, 1.165) is 25.7 Å². The van der Waals surface area contributed by atoms with Crippen molar-refractivity contribution in [2.45, 2.75) is 57.1 Å². The molecule has 122 valence electrons. The second kappa shape index (κ2) is 9.07. The van der Waals surface area contributed by atoms with Gasteiger partial charge in [-0.15, -0.1) is 0 Å². The molecule has 1 fully saturated rings. The monoisotopic (exact) mass is 311 g/mol. The third kappa shape index (κ3) is 6.15. The molecule has 1 amide bonds. The summed E-state index contributed by atoms with van der Waals surface area (Å²) >= 11 is 0. The van der Waals surface area contributed by atoms with E-state index in [2.05, 4.69) is 10.1 Å². The van der Waals surface area contributed by atoms with Gasteiger partial charge in [0.2, 0.25) is 11.7 Å². The van der Waals surface area contributed by atoms with E-state index in [0.29, 0.717) is 18.6 Å². The summed E-state index contributed by atoms with van der Waals surface area (Å²) < 4.78 is 0. The second-order valence-electron chi connectivity index (χ2n) is 5.55. The van der Waals surface area contributed by atoms with Crippen LogP contribution < -0.4 is 5.32 Å². The number of Topliss-reactive ketones (excluding diaryl/α,β-unsaturated/α-hetero) is 1. The first-order chi connectivity index (χ1) is 10.4. The van der Waals surface area contributed by atoms with Crippen LogP contribution in [0.1, 0.15) is 44.9 Å². The van der Waals surface area contributed by atoms with Crippen LogP contribution in [-0.2, 0) is 14.4 Å². The molecule has 0 radical (unpaired) electrons. The van der Waals surface area contributed by atoms with Crippen molar-refractivity contribution in [2.24, 2.45) is 5.92 Å². The Morgan fingerprint density at radius 3 is 2.50 bits per heavy atom. The van der Waals surface area contributed by atoms with Crippen LogP contribution in [0.5, 0.6) is 0 Å². The lowest BCUT2D eigenvalue weighted by Crippen LogP contribution is -2.46. The normalized spacial score (nSPS) is 17.3. The van der Waals surface area contributed by atoms with Gasteiger partial charge < -0.3 is 21.1 Å². The number of ketones is 1. The van der Waals surface area contributed by atoms with Crippen LogP contribution in [0, 0.1) is 5.92 Å². The molecule has 8 nitrogen and oxygen atoms in total. The fraction of sp³-hybridized carbons (Fsp3) is 0.714. The molecule has 1 saturated carbocycles. The first kappa shape index (κ1) is 18.0. The molecule has 0 aromatic carbocycles. The van der Waals surface area contributed by atoms with E-state index in [-0.39, 0.29) is 12.8 Å². The van der Waals surface area contributed by atoms with Gasteiger partial charge in [0.1, 0.15) is 12.1 Å². The van der Waals surface area contributed by atoms with Crippen molar-refractivity contribution in [1.29, 1.82) is 0 Å². The standard InChI is InChI=1S/C14H21N3O5/c15-16-8-10(18)5-6-11(14(21)22)17-13(20)12(19)7-9-3-1-2-4-9/h8-9,11-12,19H,1-7H2,(H,17,20)(H,21,22)/t11-,12-/m0/s1. The van der Waals surface area contributed by atoms with Gasteiger partial charge in [-0.2, -0.15) is 4.79 Å². The fourth-order valence-corrected chi connectivity index (χ4v) is 2.61. The van der Waals surface area contributed by atoms with E-state index in [1.807, 2.05) is 0 Å². The summed E-state index contributed by atoms with van der Waals surface area (Å²) in [5.41, 5.74) is 8.19. The smallest absolute Gasteiger partial charge is 0.326 e. The van der Waals surface area contributed by atoms with Crippen LogP contribution >= 0.6 is 0 Å². The van der Waals surface area contributed by atoms with Crippen LogP contribution in [0.25, 0.3) is 5.53 Å². The average Bonchev–Trinajstić information content (AvgIpc) is 2.95. The third-order valence-electron chi connectivity index (χ3n) is 3.83. The molecular weight excluding hydrogens is 290 g/mol. The minimum Gasteiger partial charge on any atom is -0.480 e. The van der Waals surface area contributed by atoms with E-state index >= 15 is 0 Å². The fourth-order valence-electron chi connectivity index (χ4n) is 2.61. The maximum absolute atomic E-state index is 11.8. The second-order valence-corrected chi connectivity index (χ2v) is 5.55. The van der Waals surface area contributed by atoms with Crippen molar-refractivity contribution in [1.82, 2.24) is 5.32 Å². The summed E-state index contributed by atoms with van der Waals surface area (Å²) in [4.78, 5) is 36.6. The Balaban J connectivity index is 2.46. The third-order valence-corrected chi connectivity index (χ3v) is 3.83. The molecule has 2 atom stereocenters. The lowest BCUT2D eigenvalue weighted by Gasteiger charge is -2.18. The van der Waals surface area contributed by atoms with Gasteiger partial charge in [0.25, 0.3) is 0 Å². The van der Waals surface area contributed by atoms with Gasteiger partial charge in [-0.05, 0) is 18.8 Å². The highest BCUT2D eigenvalue weighted by Gasteiger charge is 2.27. The Morgan fingerprint density at radius 2 is 1.95 bits per heavy atom. The summed E-state index contributed by atoms with van der Waals surface area (Å²) in [6.45, 7) is 0. The van der Waals surface area contributed by atoms with Crippen molar-refractivity contribution in [3.63, 3.8) is 0 Å². The molecule has 1 aliphatic rings. The highest BCUT2D eigenvalue weighted by Crippen LogP contribution is 2.28. The first-order valence-electron chi connectivity index (χ1n) is 7.35. The Labute approximate surface area is 128 Å². The van der Waals surface area contributed by atoms with Gasteiger partial charge in [0.05, 0.1) is 0 Å². The number of aliphatic carboxylic acids is 1. The molecule has 3 N–H and O–H groups in total. The molecule has 0 bridgehead atoms. The molecular formula is C14H21N3O5. The summed E-state index contributed by atoms with van der Waals surface area (Å²) in [5, 5.41) is 21.1. The minimum atomic E-state index is -1.28. The summed E-state index contributed by atoms with van der Waals surface area (Å²) in [6.07, 6.45) is 3.58. The van der Waals surface area contributed by atoms with E-state index < -0.39 is 29.8 Å². The number of carboxylic acid groups (broad SMARTS) is 1. The summed E-state index contributed by atoms with van der Waals surface area (Å²) in [5.74, 6) is -2.27. The van der Waals surface area contributed by atoms with Crippen molar-refractivity contribution in [3.8, 4) is 0 Å². The number of carbonyl (C=O) groups is 3. The molecule has 8 heteroatoms. The molecule has 0 aromatic rings. The van der Waals surface area contributed by atoms with Gasteiger partial charge in [0.15, 0.2) is 0 Å². The first-order valence-corrected chi connectivity index (χ1v) is 7.35. The number of nitrogens with one attached hydrogen (secondary N) is 1. The van der Waals surface area contributed by atoms with Crippen molar-refractivity contribution in [2.75, 3.05) is 0 Å². The SMILES string of the molecule is [N-]=[N+]=CC(=O)CC[C@H](NC(=O)[C@@H](O)CC1CCCC1)C(=O)O. The predicted octanol–water partition coefficient (Wildman–Crippen LogP) is 0.147. The Kier molecular flexibility index (Phi) is 7.42. The highest BCUT2D eigenvalue weighted by molar-refractivity contribution is 6.25. The van der Waals surface area contributed by atoms with Crippen LogP contribution in [0.15, 0.2) is 0 Å². The van der Waals surface area contributed by atoms with E-state index in [9.17, 15) is 19.5 Å². The van der Waals surface area contributed by atoms with Crippen LogP contribution in [0.3, 0.4) is 0 Å². The number of carbonyl (C=O) groups excluding carboxylic acids is 2. The number of aliphatic hydroxyl groups excluding tert-OH is 1. The number of carboxylic acids is 1. The van der Waals surface area contributed by atoms with E-state index in [1.165, 1.54) is 0 Å². The highest BCUT2D eigenvalue weighted by atomic mass is 16.4. The summed E-state index contributed by atoms with van der Waals surface area (Å²) in [7, 11) is 0. The molecule has 0 heterocycles. The largest absolute Gasteiger partial charge is 0.480 e. The molecule has 22 heavy (non-hydrogen) atoms. The molecule has 0 aromatic heterocycles. The molecule has 0 saturated heterocycles. The number of nitrogens with zero attached hydrogens (tertiary/aromatic N) is 2. The van der Waals surface area contributed by atoms with E-state index in [4.69, 9.17) is 10.6 Å². The van der Waals surface area contributed by atoms with E-state index in [1.54, 1.807) is 0 Å². The van der Waals surface area contributed by atoms with Crippen LogP contribution in [-0.4, -0.2) is 51.0 Å². The molecule has 1 rings (SSSR count). The maximum Gasteiger partial charge on any atom is 0.326 e. The lowest BCUT2D eigenvalue weighted by atomic mass is 9.99. The van der Waals surface area contributed by atoms with Gasteiger partial charge in [-0.3, -0.25) is 9.59 Å². The number of hydrogen-bond donors (Lipinski definition) is 3. The van der Waals surface area contributed by atoms with Crippen molar-refractivity contribution >= 4 is 23.9 Å². The Hall–Kier alpha value is -2.05. The molecule has 1 aliphatic carbocycles. The zero-order chi connectivity index (χ0) is 16.5. The predicted molar refractivity (Wildman–Crippen MR) is 76.1 cm³/mol. The van der Waals surface area contributed by atoms with Gasteiger partial charge >= 0.3 is 12.2 Å². The molecule has 0 unspecified atom stereocenters. The quantitative estimate of drug-likeness (QED) is 0.316. The number of hydrogen-bond acceptors (Lipinski definition) is 4. The average molecular weight is 311 g/mol. The number of amides is 1. The number of aliphatic hydroxyl groups is 1. The van der Waals surface area contributed by atoms with Crippen LogP contribution in [0.2, 0.25) is 0 Å². The van der Waals surface area contributed by atoms with Gasteiger partial charge in [0, 0.05) is 6.42 Å². The number of rotatable bonds is 9. The van der Waals surface area contributed by atoms with Gasteiger partial charge in [-0.1, -0.05) is 25.7 Å². The Bertz CT molecular complexity index is 467. The Morgan fingerprint density at radius 1 is 1.32 bits per heavy atom. The van der Waals surface area contributed by atoms with Crippen molar-refractivity contribution in [3.05, 3.63) is 5.53 Å². The van der Waals surface area contributed by atoms with Crippen molar-refractivity contribution < 1.29 is 29.4 Å². The topological polar surface area (TPSA) is 140 Å². The maximum atomic E-state index is 11.8. The lowest BCUT2D eigenvalue weighted by molar-refractivity contribution is -0.143. The summed E-state index contributed by atoms with van der Waals surface area (Å²) in [6, 6.07) is -1.26. The zero-order valence-corrected chi connectivity index (χ0v) is 12.3. The van der Waals surface area contributed by atoms with Crippen LogP contribution in [0.4, 0.5) is 0 Å². The molecule has 0 spiro atoms.